The first kappa shape index (κ1) is 17.4. The number of amides is 1. The zero-order valence-corrected chi connectivity index (χ0v) is 14.1. The molecule has 1 atom stereocenters. The highest BCUT2D eigenvalue weighted by atomic mass is 32.1. The van der Waals surface area contributed by atoms with Crippen LogP contribution in [0.3, 0.4) is 0 Å². The third kappa shape index (κ3) is 5.31. The Bertz CT molecular complexity index is 589. The van der Waals surface area contributed by atoms with Crippen molar-refractivity contribution in [1.29, 1.82) is 5.26 Å². The maximum atomic E-state index is 12.3. The van der Waals surface area contributed by atoms with Gasteiger partial charge in [0.15, 0.2) is 5.11 Å². The second-order valence-electron chi connectivity index (χ2n) is 5.61. The Hall–Kier alpha value is -1.97. The molecule has 0 bridgehead atoms. The van der Waals surface area contributed by atoms with E-state index in [1.165, 1.54) is 0 Å². The van der Waals surface area contributed by atoms with Gasteiger partial charge in [0.25, 0.3) is 5.91 Å². The molecule has 23 heavy (non-hydrogen) atoms. The molecule has 1 unspecified atom stereocenters. The van der Waals surface area contributed by atoms with E-state index in [0.29, 0.717) is 30.2 Å². The molecule has 6 heteroatoms. The van der Waals surface area contributed by atoms with Crippen molar-refractivity contribution in [2.45, 2.75) is 32.3 Å². The van der Waals surface area contributed by atoms with Gasteiger partial charge in [-0.3, -0.25) is 10.1 Å². The summed E-state index contributed by atoms with van der Waals surface area (Å²) in [6, 6.07) is 9.43. The largest absolute Gasteiger partial charge is 0.376 e. The SMILES string of the molecule is Cc1ccc(C(=O)NC(=S)N(CCC#N)CC2CCCO2)cc1. The summed E-state index contributed by atoms with van der Waals surface area (Å²) in [4.78, 5) is 14.1. The van der Waals surface area contributed by atoms with E-state index in [-0.39, 0.29) is 12.0 Å². The van der Waals surface area contributed by atoms with Crippen LogP contribution in [-0.4, -0.2) is 41.7 Å². The first-order valence-corrected chi connectivity index (χ1v) is 8.16. The Labute approximate surface area is 142 Å². The molecule has 122 valence electrons. The number of hydrogen-bond acceptors (Lipinski definition) is 4. The normalized spacial score (nSPS) is 16.6. The van der Waals surface area contributed by atoms with Crippen molar-refractivity contribution in [3.05, 3.63) is 35.4 Å². The number of carbonyl (C=O) groups is 1. The van der Waals surface area contributed by atoms with Gasteiger partial charge in [-0.25, -0.2) is 0 Å². The van der Waals surface area contributed by atoms with Crippen LogP contribution in [0, 0.1) is 18.3 Å². The minimum absolute atomic E-state index is 0.114. The standard InChI is InChI=1S/C17H21N3O2S/c1-13-5-7-14(8-6-13)16(21)19-17(23)20(10-3-9-18)12-15-4-2-11-22-15/h5-8,15H,2-4,10-12H2,1H3,(H,19,21,23). The van der Waals surface area contributed by atoms with Crippen molar-refractivity contribution in [2.24, 2.45) is 0 Å². The highest BCUT2D eigenvalue weighted by Gasteiger charge is 2.21. The van der Waals surface area contributed by atoms with Gasteiger partial charge in [0.1, 0.15) is 0 Å². The van der Waals surface area contributed by atoms with Crippen LogP contribution >= 0.6 is 12.2 Å². The average molecular weight is 331 g/mol. The fourth-order valence-electron chi connectivity index (χ4n) is 2.45. The Kier molecular flexibility index (Phi) is 6.51. The summed E-state index contributed by atoms with van der Waals surface area (Å²) >= 11 is 5.35. The van der Waals surface area contributed by atoms with E-state index >= 15 is 0 Å². The van der Waals surface area contributed by atoms with Gasteiger partial charge in [-0.05, 0) is 44.1 Å². The monoisotopic (exact) mass is 331 g/mol. The van der Waals surface area contributed by atoms with Gasteiger partial charge in [0, 0.05) is 25.3 Å². The van der Waals surface area contributed by atoms with Crippen LogP contribution in [0.4, 0.5) is 0 Å². The summed E-state index contributed by atoms with van der Waals surface area (Å²) in [5.41, 5.74) is 1.66. The van der Waals surface area contributed by atoms with Crippen LogP contribution in [0.5, 0.6) is 0 Å². The van der Waals surface area contributed by atoms with Crippen molar-refractivity contribution >= 4 is 23.2 Å². The number of nitrogens with zero attached hydrogens (tertiary/aromatic N) is 2. The van der Waals surface area contributed by atoms with Gasteiger partial charge in [-0.1, -0.05) is 17.7 Å². The second kappa shape index (κ2) is 8.61. The number of carbonyl (C=O) groups excluding carboxylic acids is 1. The molecule has 1 fully saturated rings. The topological polar surface area (TPSA) is 65.4 Å². The van der Waals surface area contributed by atoms with E-state index in [1.54, 1.807) is 12.1 Å². The van der Waals surface area contributed by atoms with Gasteiger partial charge in [-0.2, -0.15) is 5.26 Å². The zero-order valence-electron chi connectivity index (χ0n) is 13.2. The quantitative estimate of drug-likeness (QED) is 0.839. The maximum Gasteiger partial charge on any atom is 0.257 e. The van der Waals surface area contributed by atoms with Crippen molar-refractivity contribution in [1.82, 2.24) is 10.2 Å². The van der Waals surface area contributed by atoms with Crippen LogP contribution in [0.25, 0.3) is 0 Å². The van der Waals surface area contributed by atoms with Crippen molar-refractivity contribution in [2.75, 3.05) is 19.7 Å². The van der Waals surface area contributed by atoms with Gasteiger partial charge >= 0.3 is 0 Å². The Morgan fingerprint density at radius 1 is 1.48 bits per heavy atom. The molecule has 1 heterocycles. The maximum absolute atomic E-state index is 12.3. The van der Waals surface area contributed by atoms with Gasteiger partial charge in [-0.15, -0.1) is 0 Å². The lowest BCUT2D eigenvalue weighted by Crippen LogP contribution is -2.46. The van der Waals surface area contributed by atoms with E-state index in [2.05, 4.69) is 11.4 Å². The summed E-state index contributed by atoms with van der Waals surface area (Å²) in [6.07, 6.45) is 2.49. The molecular weight excluding hydrogens is 310 g/mol. The number of benzene rings is 1. The highest BCUT2D eigenvalue weighted by Crippen LogP contribution is 2.14. The van der Waals surface area contributed by atoms with Crippen molar-refractivity contribution < 1.29 is 9.53 Å². The molecule has 1 amide bonds. The average Bonchev–Trinajstić information content (AvgIpc) is 3.05. The van der Waals surface area contributed by atoms with Crippen molar-refractivity contribution in [3.63, 3.8) is 0 Å². The summed E-state index contributed by atoms with van der Waals surface area (Å²) < 4.78 is 5.62. The van der Waals surface area contributed by atoms with E-state index in [0.717, 1.165) is 25.0 Å². The highest BCUT2D eigenvalue weighted by molar-refractivity contribution is 7.80. The molecule has 2 rings (SSSR count). The van der Waals surface area contributed by atoms with E-state index in [9.17, 15) is 4.79 Å². The fraction of sp³-hybridized carbons (Fsp3) is 0.471. The molecule has 1 aliphatic heterocycles. The fourth-order valence-corrected chi connectivity index (χ4v) is 2.71. The van der Waals surface area contributed by atoms with Crippen LogP contribution < -0.4 is 5.32 Å². The van der Waals surface area contributed by atoms with Crippen LogP contribution in [0.15, 0.2) is 24.3 Å². The molecule has 1 N–H and O–H groups in total. The van der Waals surface area contributed by atoms with Gasteiger partial charge in [0.2, 0.25) is 0 Å². The predicted octanol–water partition coefficient (Wildman–Crippen LogP) is 2.40. The van der Waals surface area contributed by atoms with Crippen molar-refractivity contribution in [3.8, 4) is 6.07 Å². The summed E-state index contributed by atoms with van der Waals surface area (Å²) in [5, 5.41) is 11.9. The molecule has 1 aliphatic rings. The molecule has 1 aromatic carbocycles. The zero-order chi connectivity index (χ0) is 16.7. The third-order valence-corrected chi connectivity index (χ3v) is 4.12. The van der Waals surface area contributed by atoms with Crippen LogP contribution in [0.1, 0.15) is 35.2 Å². The van der Waals surface area contributed by atoms with Crippen LogP contribution in [-0.2, 0) is 4.74 Å². The number of nitriles is 1. The molecule has 0 aliphatic carbocycles. The van der Waals surface area contributed by atoms with Gasteiger partial charge < -0.3 is 9.64 Å². The summed E-state index contributed by atoms with van der Waals surface area (Å²) in [5.74, 6) is -0.232. The Morgan fingerprint density at radius 2 is 2.22 bits per heavy atom. The minimum Gasteiger partial charge on any atom is -0.376 e. The van der Waals surface area contributed by atoms with E-state index in [1.807, 2.05) is 24.0 Å². The number of thiocarbonyl (C=S) groups is 1. The predicted molar refractivity (Wildman–Crippen MR) is 92.0 cm³/mol. The lowest BCUT2D eigenvalue weighted by Gasteiger charge is -2.27. The number of rotatable bonds is 5. The van der Waals surface area contributed by atoms with Crippen LogP contribution in [0.2, 0.25) is 0 Å². The Morgan fingerprint density at radius 3 is 2.83 bits per heavy atom. The lowest BCUT2D eigenvalue weighted by molar-refractivity contribution is 0.0890. The number of aryl methyl sites for hydroxylation is 1. The molecule has 0 saturated carbocycles. The smallest absolute Gasteiger partial charge is 0.257 e. The summed E-state index contributed by atoms with van der Waals surface area (Å²) in [6.45, 7) is 3.83. The van der Waals surface area contributed by atoms with Gasteiger partial charge in [0.05, 0.1) is 18.6 Å². The van der Waals surface area contributed by atoms with E-state index in [4.69, 9.17) is 22.2 Å². The molecule has 1 saturated heterocycles. The molecular formula is C17H21N3O2S. The third-order valence-electron chi connectivity index (χ3n) is 3.76. The number of ether oxygens (including phenoxy) is 1. The number of hydrogen-bond donors (Lipinski definition) is 1. The molecule has 0 radical (unpaired) electrons. The minimum atomic E-state index is -0.232. The Balaban J connectivity index is 1.96. The number of nitrogens with one attached hydrogen (secondary N) is 1. The molecule has 0 aromatic heterocycles. The first-order chi connectivity index (χ1) is 11.1. The molecule has 1 aromatic rings. The van der Waals surface area contributed by atoms with E-state index < -0.39 is 0 Å². The summed E-state index contributed by atoms with van der Waals surface area (Å²) in [7, 11) is 0. The molecule has 5 nitrogen and oxygen atoms in total. The first-order valence-electron chi connectivity index (χ1n) is 7.75. The molecule has 0 spiro atoms. The second-order valence-corrected chi connectivity index (χ2v) is 6.00. The lowest BCUT2D eigenvalue weighted by atomic mass is 10.1.